The standard InChI is InChI=1S/C22H16F2N2O/c23-16-10-6-11-17(24)21(16)22-26-19(15-9-4-5-12-20(15)27-22)13-18(25-26)14-7-2-1-3-8-14/h1-13,19,22,25H/t19-,22+/m0/s1. The van der Waals surface area contributed by atoms with Crippen LogP contribution >= 0.6 is 0 Å². The Morgan fingerprint density at radius 3 is 2.30 bits per heavy atom. The Kier molecular flexibility index (Phi) is 3.69. The van der Waals surface area contributed by atoms with E-state index in [1.165, 1.54) is 18.2 Å². The molecule has 2 aliphatic heterocycles. The minimum atomic E-state index is -0.927. The number of halogens is 2. The van der Waals surface area contributed by atoms with Crippen LogP contribution in [0.1, 0.15) is 29.0 Å². The normalized spacial score (nSPS) is 20.9. The number of hydrogen-bond acceptors (Lipinski definition) is 3. The molecule has 2 atom stereocenters. The molecule has 3 aromatic carbocycles. The molecule has 0 fully saturated rings. The summed E-state index contributed by atoms with van der Waals surface area (Å²) in [6.45, 7) is 0. The molecule has 0 aromatic heterocycles. The van der Waals surface area contributed by atoms with Gasteiger partial charge in [-0.15, -0.1) is 0 Å². The van der Waals surface area contributed by atoms with Gasteiger partial charge in [0, 0.05) is 5.56 Å². The van der Waals surface area contributed by atoms with E-state index in [9.17, 15) is 8.78 Å². The van der Waals surface area contributed by atoms with Crippen molar-refractivity contribution in [3.8, 4) is 5.75 Å². The maximum atomic E-state index is 14.5. The van der Waals surface area contributed by atoms with E-state index in [1.807, 2.05) is 54.6 Å². The van der Waals surface area contributed by atoms with E-state index in [0.29, 0.717) is 5.75 Å². The van der Waals surface area contributed by atoms with Crippen molar-refractivity contribution < 1.29 is 13.5 Å². The first-order chi connectivity index (χ1) is 13.2. The van der Waals surface area contributed by atoms with Crippen LogP contribution in [0, 0.1) is 11.6 Å². The van der Waals surface area contributed by atoms with Crippen LogP contribution in [0.5, 0.6) is 5.75 Å². The minimum absolute atomic E-state index is 0.104. The lowest BCUT2D eigenvalue weighted by molar-refractivity contribution is -0.0368. The van der Waals surface area contributed by atoms with Crippen molar-refractivity contribution in [1.82, 2.24) is 10.4 Å². The van der Waals surface area contributed by atoms with E-state index in [4.69, 9.17) is 4.74 Å². The number of nitrogens with one attached hydrogen (secondary N) is 1. The van der Waals surface area contributed by atoms with E-state index in [2.05, 4.69) is 11.5 Å². The van der Waals surface area contributed by atoms with Gasteiger partial charge in [-0.2, -0.15) is 5.01 Å². The second-order valence-electron chi connectivity index (χ2n) is 6.55. The maximum Gasteiger partial charge on any atom is 0.201 e. The van der Waals surface area contributed by atoms with Gasteiger partial charge in [-0.3, -0.25) is 0 Å². The van der Waals surface area contributed by atoms with Gasteiger partial charge in [-0.1, -0.05) is 54.6 Å². The molecule has 1 N–H and O–H groups in total. The van der Waals surface area contributed by atoms with Gasteiger partial charge in [-0.05, 0) is 29.8 Å². The number of para-hydroxylation sites is 1. The van der Waals surface area contributed by atoms with Gasteiger partial charge < -0.3 is 10.2 Å². The number of benzene rings is 3. The fourth-order valence-corrected chi connectivity index (χ4v) is 3.66. The van der Waals surface area contributed by atoms with Crippen LogP contribution in [0.3, 0.4) is 0 Å². The van der Waals surface area contributed by atoms with Crippen LogP contribution in [0.25, 0.3) is 5.70 Å². The smallest absolute Gasteiger partial charge is 0.201 e. The van der Waals surface area contributed by atoms with Gasteiger partial charge in [0.15, 0.2) is 0 Å². The predicted octanol–water partition coefficient (Wildman–Crippen LogP) is 4.96. The lowest BCUT2D eigenvalue weighted by atomic mass is 10.0. The monoisotopic (exact) mass is 362 g/mol. The molecule has 0 radical (unpaired) electrons. The van der Waals surface area contributed by atoms with Crippen molar-refractivity contribution in [3.63, 3.8) is 0 Å². The molecule has 0 amide bonds. The molecule has 3 nitrogen and oxygen atoms in total. The van der Waals surface area contributed by atoms with E-state index in [1.54, 1.807) is 5.01 Å². The lowest BCUT2D eigenvalue weighted by Gasteiger charge is -2.39. The van der Waals surface area contributed by atoms with Crippen LogP contribution in [0.2, 0.25) is 0 Å². The molecule has 0 saturated heterocycles. The van der Waals surface area contributed by atoms with Crippen LogP contribution in [0.4, 0.5) is 8.78 Å². The van der Waals surface area contributed by atoms with Gasteiger partial charge in [0.25, 0.3) is 0 Å². The first-order valence-corrected chi connectivity index (χ1v) is 8.74. The van der Waals surface area contributed by atoms with E-state index in [-0.39, 0.29) is 11.6 Å². The first kappa shape index (κ1) is 16.0. The zero-order chi connectivity index (χ0) is 18.4. The predicted molar refractivity (Wildman–Crippen MR) is 98.3 cm³/mol. The molecular weight excluding hydrogens is 346 g/mol. The third-order valence-electron chi connectivity index (χ3n) is 4.93. The molecule has 134 valence electrons. The van der Waals surface area contributed by atoms with Gasteiger partial charge in [0.1, 0.15) is 17.4 Å². The summed E-state index contributed by atoms with van der Waals surface area (Å²) in [5, 5.41) is 1.76. The van der Waals surface area contributed by atoms with Crippen molar-refractivity contribution in [2.45, 2.75) is 12.3 Å². The summed E-state index contributed by atoms with van der Waals surface area (Å²) in [6, 6.07) is 21.1. The average Bonchev–Trinajstić information content (AvgIpc) is 3.14. The SMILES string of the molecule is Fc1cccc(F)c1[C@H]1Oc2ccccc2[C@@H]2C=C(c3ccccc3)NN12. The van der Waals surface area contributed by atoms with Crippen molar-refractivity contribution in [1.29, 1.82) is 0 Å². The number of rotatable bonds is 2. The Morgan fingerprint density at radius 2 is 1.52 bits per heavy atom. The molecule has 5 rings (SSSR count). The Hall–Kier alpha value is -3.18. The summed E-state index contributed by atoms with van der Waals surface area (Å²) < 4.78 is 35.0. The number of fused-ring (bicyclic) bond motifs is 3. The second-order valence-corrected chi connectivity index (χ2v) is 6.55. The summed E-state index contributed by atoms with van der Waals surface area (Å²) >= 11 is 0. The van der Waals surface area contributed by atoms with Crippen molar-refractivity contribution >= 4 is 5.70 Å². The zero-order valence-corrected chi connectivity index (χ0v) is 14.3. The van der Waals surface area contributed by atoms with Gasteiger partial charge >= 0.3 is 0 Å². The Labute approximate surface area is 155 Å². The Balaban J connectivity index is 1.63. The molecule has 2 aliphatic rings. The first-order valence-electron chi connectivity index (χ1n) is 8.74. The van der Waals surface area contributed by atoms with Crippen molar-refractivity contribution in [2.75, 3.05) is 0 Å². The van der Waals surface area contributed by atoms with Gasteiger partial charge in [-0.25, -0.2) is 8.78 Å². The second kappa shape index (κ2) is 6.21. The molecule has 0 aliphatic carbocycles. The van der Waals surface area contributed by atoms with E-state index in [0.717, 1.165) is 16.8 Å². The Morgan fingerprint density at radius 1 is 0.815 bits per heavy atom. The summed E-state index contributed by atoms with van der Waals surface area (Å²) in [5.74, 6) is -0.639. The molecule has 27 heavy (non-hydrogen) atoms. The Bertz CT molecular complexity index is 1020. The zero-order valence-electron chi connectivity index (χ0n) is 14.3. The molecule has 0 unspecified atom stereocenters. The number of ether oxygens (including phenoxy) is 1. The van der Waals surface area contributed by atoms with Crippen LogP contribution < -0.4 is 10.2 Å². The maximum absolute atomic E-state index is 14.5. The fourth-order valence-electron chi connectivity index (χ4n) is 3.66. The molecule has 5 heteroatoms. The minimum Gasteiger partial charge on any atom is -0.469 e. The van der Waals surface area contributed by atoms with Crippen LogP contribution in [-0.2, 0) is 0 Å². The third-order valence-corrected chi connectivity index (χ3v) is 4.93. The fraction of sp³-hybridized carbons (Fsp3) is 0.0909. The van der Waals surface area contributed by atoms with Crippen molar-refractivity contribution in [3.05, 3.63) is 107 Å². The highest BCUT2D eigenvalue weighted by molar-refractivity contribution is 5.67. The molecular formula is C22H16F2N2O. The van der Waals surface area contributed by atoms with Gasteiger partial charge in [0.2, 0.25) is 6.23 Å². The molecule has 0 spiro atoms. The number of hydrazine groups is 1. The topological polar surface area (TPSA) is 24.5 Å². The highest BCUT2D eigenvalue weighted by atomic mass is 19.1. The van der Waals surface area contributed by atoms with E-state index < -0.39 is 17.9 Å². The molecule has 2 heterocycles. The number of nitrogens with zero attached hydrogens (tertiary/aromatic N) is 1. The highest BCUT2D eigenvalue weighted by Gasteiger charge is 2.42. The van der Waals surface area contributed by atoms with Crippen LogP contribution in [0.15, 0.2) is 78.9 Å². The third kappa shape index (κ3) is 2.59. The summed E-state index contributed by atoms with van der Waals surface area (Å²) in [7, 11) is 0. The number of hydrogen-bond donors (Lipinski definition) is 1. The summed E-state index contributed by atoms with van der Waals surface area (Å²) in [5.41, 5.74) is 6.01. The summed E-state index contributed by atoms with van der Waals surface area (Å²) in [6.07, 6.45) is 1.13. The molecule has 0 bridgehead atoms. The highest BCUT2D eigenvalue weighted by Crippen LogP contribution is 2.46. The van der Waals surface area contributed by atoms with Crippen LogP contribution in [-0.4, -0.2) is 5.01 Å². The quantitative estimate of drug-likeness (QED) is 0.697. The largest absolute Gasteiger partial charge is 0.469 e. The molecule has 0 saturated carbocycles. The summed E-state index contributed by atoms with van der Waals surface area (Å²) in [4.78, 5) is 0. The molecule has 3 aromatic rings. The lowest BCUT2D eigenvalue weighted by Crippen LogP contribution is -2.43. The van der Waals surface area contributed by atoms with Gasteiger partial charge in [0.05, 0.1) is 17.3 Å². The van der Waals surface area contributed by atoms with Crippen molar-refractivity contribution in [2.24, 2.45) is 0 Å². The average molecular weight is 362 g/mol. The van der Waals surface area contributed by atoms with E-state index >= 15 is 0 Å².